The van der Waals surface area contributed by atoms with E-state index in [0.717, 1.165) is 25.8 Å². The van der Waals surface area contributed by atoms with E-state index in [1.54, 1.807) is 16.7 Å². The molecule has 1 aromatic heterocycles. The fraction of sp³-hybridized carbons (Fsp3) is 0.500. The second kappa shape index (κ2) is 6.74. The lowest BCUT2D eigenvalue weighted by Crippen LogP contribution is -2.36. The Morgan fingerprint density at radius 1 is 1.45 bits per heavy atom. The van der Waals surface area contributed by atoms with Crippen molar-refractivity contribution in [3.05, 3.63) is 29.6 Å². The molecule has 1 unspecified atom stereocenters. The molecule has 1 aliphatic rings. The van der Waals surface area contributed by atoms with E-state index < -0.39 is 5.97 Å². The van der Waals surface area contributed by atoms with E-state index in [1.165, 1.54) is 18.3 Å². The summed E-state index contributed by atoms with van der Waals surface area (Å²) in [7, 11) is 0. The number of carboxylic acid groups (broad SMARTS) is 1. The van der Waals surface area contributed by atoms with Gasteiger partial charge in [-0.15, -0.1) is 0 Å². The predicted molar refractivity (Wildman–Crippen MR) is 78.3 cm³/mol. The molecule has 0 aromatic carbocycles. The quantitative estimate of drug-likeness (QED) is 0.925. The number of pyridine rings is 1. The number of likely N-dealkylation sites (tertiary alicyclic amines) is 1. The number of carbonyl (C=O) groups is 2. The van der Waals surface area contributed by atoms with E-state index in [0.29, 0.717) is 11.8 Å². The normalized spacial score (nSPS) is 19.4. The van der Waals surface area contributed by atoms with Gasteiger partial charge in [0.15, 0.2) is 0 Å². The van der Waals surface area contributed by atoms with E-state index in [2.05, 4.69) is 11.2 Å². The zero-order valence-corrected chi connectivity index (χ0v) is 12.2. The Labute approximate surface area is 122 Å². The zero-order valence-electron chi connectivity index (χ0n) is 11.4. The molecule has 5 nitrogen and oxygen atoms in total. The minimum Gasteiger partial charge on any atom is -0.478 e. The highest BCUT2D eigenvalue weighted by atomic mass is 32.2. The van der Waals surface area contributed by atoms with Crippen molar-refractivity contribution in [2.24, 2.45) is 0 Å². The fourth-order valence-electron chi connectivity index (χ4n) is 2.32. The van der Waals surface area contributed by atoms with Crippen molar-refractivity contribution in [3.63, 3.8) is 0 Å². The van der Waals surface area contributed by atoms with Gasteiger partial charge in [0.25, 0.3) is 5.91 Å². The standard InChI is InChI=1S/C14H18N2O3S/c1-20-11-4-2-3-7-16(9-11)13(17)12-8-10(14(18)19)5-6-15-12/h5-6,8,11H,2-4,7,9H2,1H3,(H,18,19). The number of carbonyl (C=O) groups excluding carboxylic acids is 1. The maximum absolute atomic E-state index is 12.5. The van der Waals surface area contributed by atoms with Crippen LogP contribution in [0.3, 0.4) is 0 Å². The Morgan fingerprint density at radius 3 is 2.95 bits per heavy atom. The highest BCUT2D eigenvalue weighted by molar-refractivity contribution is 7.99. The molecule has 20 heavy (non-hydrogen) atoms. The van der Waals surface area contributed by atoms with Gasteiger partial charge in [-0.1, -0.05) is 6.42 Å². The summed E-state index contributed by atoms with van der Waals surface area (Å²) in [6.45, 7) is 1.42. The van der Waals surface area contributed by atoms with Crippen molar-refractivity contribution in [2.45, 2.75) is 24.5 Å². The van der Waals surface area contributed by atoms with E-state index in [4.69, 9.17) is 5.11 Å². The number of thioether (sulfide) groups is 1. The van der Waals surface area contributed by atoms with Crippen LogP contribution >= 0.6 is 11.8 Å². The first kappa shape index (κ1) is 14.8. The molecular weight excluding hydrogens is 276 g/mol. The first-order chi connectivity index (χ1) is 9.61. The molecule has 1 fully saturated rings. The van der Waals surface area contributed by atoms with Crippen molar-refractivity contribution in [1.29, 1.82) is 0 Å². The number of carboxylic acids is 1. The first-order valence-corrected chi connectivity index (χ1v) is 7.92. The summed E-state index contributed by atoms with van der Waals surface area (Å²) in [4.78, 5) is 29.2. The topological polar surface area (TPSA) is 70.5 Å². The van der Waals surface area contributed by atoms with E-state index in [-0.39, 0.29) is 17.2 Å². The molecule has 1 N–H and O–H groups in total. The van der Waals surface area contributed by atoms with Crippen LogP contribution in [-0.2, 0) is 0 Å². The second-order valence-corrected chi connectivity index (χ2v) is 5.98. The average Bonchev–Trinajstić information content (AvgIpc) is 2.72. The van der Waals surface area contributed by atoms with Gasteiger partial charge in [-0.25, -0.2) is 4.79 Å². The molecule has 0 bridgehead atoms. The van der Waals surface area contributed by atoms with Crippen LogP contribution < -0.4 is 0 Å². The van der Waals surface area contributed by atoms with Gasteiger partial charge in [0, 0.05) is 24.5 Å². The summed E-state index contributed by atoms with van der Waals surface area (Å²) >= 11 is 1.78. The monoisotopic (exact) mass is 294 g/mol. The average molecular weight is 294 g/mol. The van der Waals surface area contributed by atoms with Crippen molar-refractivity contribution >= 4 is 23.6 Å². The Kier molecular flexibility index (Phi) is 5.00. The summed E-state index contributed by atoms with van der Waals surface area (Å²) in [5, 5.41) is 9.42. The summed E-state index contributed by atoms with van der Waals surface area (Å²) in [5.74, 6) is -1.21. The smallest absolute Gasteiger partial charge is 0.335 e. The molecule has 1 amide bonds. The molecule has 1 aromatic rings. The maximum Gasteiger partial charge on any atom is 0.335 e. The Balaban J connectivity index is 2.17. The largest absolute Gasteiger partial charge is 0.478 e. The SMILES string of the molecule is CSC1CCCCN(C(=O)c2cc(C(=O)O)ccn2)C1. The number of nitrogens with zero attached hydrogens (tertiary/aromatic N) is 2. The molecule has 2 rings (SSSR count). The lowest BCUT2D eigenvalue weighted by molar-refractivity contribution is 0.0696. The number of aromatic nitrogens is 1. The van der Waals surface area contributed by atoms with Crippen LogP contribution in [0.4, 0.5) is 0 Å². The molecule has 0 aliphatic carbocycles. The van der Waals surface area contributed by atoms with Gasteiger partial charge in [0.1, 0.15) is 5.69 Å². The molecule has 0 radical (unpaired) electrons. The number of amides is 1. The third-order valence-electron chi connectivity index (χ3n) is 3.47. The third-order valence-corrected chi connectivity index (χ3v) is 4.53. The van der Waals surface area contributed by atoms with Crippen molar-refractivity contribution < 1.29 is 14.7 Å². The molecule has 1 atom stereocenters. The van der Waals surface area contributed by atoms with Gasteiger partial charge in [-0.05, 0) is 31.2 Å². The molecular formula is C14H18N2O3S. The van der Waals surface area contributed by atoms with Gasteiger partial charge in [-0.3, -0.25) is 9.78 Å². The van der Waals surface area contributed by atoms with E-state index >= 15 is 0 Å². The molecule has 1 aliphatic heterocycles. The minimum atomic E-state index is -1.04. The highest BCUT2D eigenvalue weighted by Gasteiger charge is 2.23. The first-order valence-electron chi connectivity index (χ1n) is 6.63. The molecule has 1 saturated heterocycles. The lowest BCUT2D eigenvalue weighted by Gasteiger charge is -2.23. The maximum atomic E-state index is 12.5. The predicted octanol–water partition coefficient (Wildman–Crippen LogP) is 2.14. The van der Waals surface area contributed by atoms with Crippen LogP contribution in [-0.4, -0.2) is 51.5 Å². The van der Waals surface area contributed by atoms with Crippen molar-refractivity contribution in [3.8, 4) is 0 Å². The molecule has 6 heteroatoms. The number of hydrogen-bond acceptors (Lipinski definition) is 4. The van der Waals surface area contributed by atoms with Crippen molar-refractivity contribution in [1.82, 2.24) is 9.88 Å². The minimum absolute atomic E-state index is 0.0968. The molecule has 2 heterocycles. The summed E-state index contributed by atoms with van der Waals surface area (Å²) in [5.41, 5.74) is 0.311. The van der Waals surface area contributed by atoms with Gasteiger partial charge in [-0.2, -0.15) is 11.8 Å². The van der Waals surface area contributed by atoms with Crippen LogP contribution in [0.15, 0.2) is 18.3 Å². The Bertz CT molecular complexity index is 507. The molecule has 108 valence electrons. The Hall–Kier alpha value is -1.56. The van der Waals surface area contributed by atoms with Crippen LogP contribution in [0.2, 0.25) is 0 Å². The second-order valence-electron chi connectivity index (χ2n) is 4.84. The van der Waals surface area contributed by atoms with E-state index in [1.807, 2.05) is 0 Å². The number of rotatable bonds is 3. The summed E-state index contributed by atoms with van der Waals surface area (Å²) in [6.07, 6.45) is 6.66. The van der Waals surface area contributed by atoms with Gasteiger partial charge >= 0.3 is 5.97 Å². The van der Waals surface area contributed by atoms with Gasteiger partial charge < -0.3 is 10.0 Å². The van der Waals surface area contributed by atoms with Crippen LogP contribution in [0.5, 0.6) is 0 Å². The summed E-state index contributed by atoms with van der Waals surface area (Å²) < 4.78 is 0. The zero-order chi connectivity index (χ0) is 14.5. The number of aromatic carboxylic acids is 1. The van der Waals surface area contributed by atoms with E-state index in [9.17, 15) is 9.59 Å². The summed E-state index contributed by atoms with van der Waals surface area (Å²) in [6, 6.07) is 2.75. The lowest BCUT2D eigenvalue weighted by atomic mass is 10.2. The molecule has 0 saturated carbocycles. The van der Waals surface area contributed by atoms with Crippen LogP contribution in [0.25, 0.3) is 0 Å². The Morgan fingerprint density at radius 2 is 2.25 bits per heavy atom. The molecule has 0 spiro atoms. The van der Waals surface area contributed by atoms with Crippen LogP contribution in [0.1, 0.15) is 40.1 Å². The van der Waals surface area contributed by atoms with Crippen LogP contribution in [0, 0.1) is 0 Å². The highest BCUT2D eigenvalue weighted by Crippen LogP contribution is 2.21. The van der Waals surface area contributed by atoms with Crippen molar-refractivity contribution in [2.75, 3.05) is 19.3 Å². The van der Waals surface area contributed by atoms with Gasteiger partial charge in [0.2, 0.25) is 0 Å². The van der Waals surface area contributed by atoms with Gasteiger partial charge in [0.05, 0.1) is 5.56 Å². The number of hydrogen-bond donors (Lipinski definition) is 1. The third kappa shape index (κ3) is 3.50. The fourth-order valence-corrected chi connectivity index (χ4v) is 3.05.